The maximum Gasteiger partial charge on any atom is 0.161 e. The zero-order valence-electron chi connectivity index (χ0n) is 12.4. The van der Waals surface area contributed by atoms with Crippen LogP contribution >= 0.6 is 0 Å². The topological polar surface area (TPSA) is 32.7 Å². The Balaban J connectivity index is 1.99. The summed E-state index contributed by atoms with van der Waals surface area (Å²) < 4.78 is 5.28. The van der Waals surface area contributed by atoms with Gasteiger partial charge in [0, 0.05) is 12.6 Å². The predicted molar refractivity (Wildman–Crippen MR) is 82.9 cm³/mol. The summed E-state index contributed by atoms with van der Waals surface area (Å²) in [7, 11) is 3.79. The molecule has 0 bridgehead atoms. The molecule has 0 aromatic heterocycles. The Morgan fingerprint density at radius 2 is 2.05 bits per heavy atom. The SMILES string of the molecule is COc1cc2c(cc1O)C[C@H]1c3c(cccc3-2)CCN1C. The number of nitrogens with zero attached hydrogens (tertiary/aromatic N) is 1. The molecule has 0 fully saturated rings. The first kappa shape index (κ1) is 12.7. The molecule has 2 aromatic carbocycles. The standard InChI is InChI=1S/C18H19NO2/c1-19-7-6-11-4-3-5-13-14-10-17(21-2)16(20)9-12(14)8-15(19)18(11)13/h3-5,9-10,15,20H,6-8H2,1-2H3/t15-/m0/s1. The van der Waals surface area contributed by atoms with E-state index in [-0.39, 0.29) is 5.75 Å². The van der Waals surface area contributed by atoms with Crippen molar-refractivity contribution in [2.45, 2.75) is 18.9 Å². The number of ether oxygens (including phenoxy) is 1. The lowest BCUT2D eigenvalue weighted by Crippen LogP contribution is -2.35. The van der Waals surface area contributed by atoms with Crippen molar-refractivity contribution in [1.82, 2.24) is 4.90 Å². The van der Waals surface area contributed by atoms with E-state index in [1.165, 1.54) is 27.8 Å². The number of hydrogen-bond donors (Lipinski definition) is 1. The van der Waals surface area contributed by atoms with Gasteiger partial charge in [0.05, 0.1) is 7.11 Å². The van der Waals surface area contributed by atoms with E-state index < -0.39 is 0 Å². The van der Waals surface area contributed by atoms with Crippen molar-refractivity contribution in [1.29, 1.82) is 0 Å². The van der Waals surface area contributed by atoms with Crippen molar-refractivity contribution in [2.75, 3.05) is 20.7 Å². The third-order valence-corrected chi connectivity index (χ3v) is 4.90. The molecule has 1 heterocycles. The highest BCUT2D eigenvalue weighted by molar-refractivity contribution is 5.78. The van der Waals surface area contributed by atoms with Gasteiger partial charge in [-0.05, 0) is 59.8 Å². The maximum absolute atomic E-state index is 10.1. The molecule has 1 aliphatic heterocycles. The molecule has 0 spiro atoms. The first-order valence-corrected chi connectivity index (χ1v) is 7.41. The van der Waals surface area contributed by atoms with Gasteiger partial charge < -0.3 is 9.84 Å². The van der Waals surface area contributed by atoms with Gasteiger partial charge in [0.2, 0.25) is 0 Å². The molecule has 0 saturated heterocycles. The lowest BCUT2D eigenvalue weighted by atomic mass is 9.77. The minimum atomic E-state index is 0.231. The summed E-state index contributed by atoms with van der Waals surface area (Å²) in [4.78, 5) is 2.43. The second-order valence-corrected chi connectivity index (χ2v) is 6.01. The first-order chi connectivity index (χ1) is 10.2. The Bertz CT molecular complexity index is 723. The van der Waals surface area contributed by atoms with Gasteiger partial charge in [-0.1, -0.05) is 18.2 Å². The summed E-state index contributed by atoms with van der Waals surface area (Å²) >= 11 is 0. The Hall–Kier alpha value is -2.00. The van der Waals surface area contributed by atoms with Crippen LogP contribution in [0.4, 0.5) is 0 Å². The highest BCUT2D eigenvalue weighted by Crippen LogP contribution is 2.47. The van der Waals surface area contributed by atoms with Gasteiger partial charge >= 0.3 is 0 Å². The quantitative estimate of drug-likeness (QED) is 0.871. The lowest BCUT2D eigenvalue weighted by Gasteiger charge is -2.39. The summed E-state index contributed by atoms with van der Waals surface area (Å²) in [5.74, 6) is 0.781. The number of benzene rings is 2. The molecule has 108 valence electrons. The first-order valence-electron chi connectivity index (χ1n) is 7.41. The summed E-state index contributed by atoms with van der Waals surface area (Å²) in [5.41, 5.74) is 6.63. The van der Waals surface area contributed by atoms with Crippen molar-refractivity contribution in [3.63, 3.8) is 0 Å². The van der Waals surface area contributed by atoms with E-state index in [4.69, 9.17) is 4.74 Å². The molecule has 0 radical (unpaired) electrons. The molecule has 0 unspecified atom stereocenters. The van der Waals surface area contributed by atoms with E-state index in [1.807, 2.05) is 12.1 Å². The Morgan fingerprint density at radius 1 is 1.19 bits per heavy atom. The summed E-state index contributed by atoms with van der Waals surface area (Å²) in [5, 5.41) is 10.1. The van der Waals surface area contributed by atoms with Gasteiger partial charge in [-0.2, -0.15) is 0 Å². The highest BCUT2D eigenvalue weighted by atomic mass is 16.5. The number of likely N-dealkylation sites (N-methyl/N-ethyl adjacent to an activating group) is 1. The maximum atomic E-state index is 10.1. The average Bonchev–Trinajstić information content (AvgIpc) is 2.50. The molecular weight excluding hydrogens is 262 g/mol. The minimum Gasteiger partial charge on any atom is -0.504 e. The van der Waals surface area contributed by atoms with Gasteiger partial charge in [-0.25, -0.2) is 0 Å². The zero-order chi connectivity index (χ0) is 14.6. The second-order valence-electron chi connectivity index (χ2n) is 6.01. The monoisotopic (exact) mass is 281 g/mol. The van der Waals surface area contributed by atoms with E-state index in [2.05, 4.69) is 30.1 Å². The largest absolute Gasteiger partial charge is 0.504 e. The molecule has 1 N–H and O–H groups in total. The van der Waals surface area contributed by atoms with Gasteiger partial charge in [-0.15, -0.1) is 0 Å². The summed E-state index contributed by atoms with van der Waals surface area (Å²) in [6.45, 7) is 1.10. The van der Waals surface area contributed by atoms with Crippen LogP contribution < -0.4 is 4.74 Å². The van der Waals surface area contributed by atoms with E-state index in [0.29, 0.717) is 11.8 Å². The molecule has 21 heavy (non-hydrogen) atoms. The van der Waals surface area contributed by atoms with E-state index in [9.17, 15) is 5.11 Å². The molecule has 3 nitrogen and oxygen atoms in total. The zero-order valence-corrected chi connectivity index (χ0v) is 12.4. The Morgan fingerprint density at radius 3 is 2.86 bits per heavy atom. The third-order valence-electron chi connectivity index (χ3n) is 4.90. The van der Waals surface area contributed by atoms with Crippen LogP contribution in [0.5, 0.6) is 11.5 Å². The highest BCUT2D eigenvalue weighted by Gasteiger charge is 2.32. The van der Waals surface area contributed by atoms with Crippen LogP contribution in [-0.2, 0) is 12.8 Å². The summed E-state index contributed by atoms with van der Waals surface area (Å²) in [6, 6.07) is 10.9. The smallest absolute Gasteiger partial charge is 0.161 e. The fourth-order valence-electron chi connectivity index (χ4n) is 3.79. The number of methoxy groups -OCH3 is 1. The molecule has 1 atom stereocenters. The predicted octanol–water partition coefficient (Wildman–Crippen LogP) is 3.15. The molecule has 3 heteroatoms. The van der Waals surface area contributed by atoms with Crippen LogP contribution in [0, 0.1) is 0 Å². The molecule has 1 aliphatic carbocycles. The minimum absolute atomic E-state index is 0.231. The van der Waals surface area contributed by atoms with E-state index >= 15 is 0 Å². The van der Waals surface area contributed by atoms with Crippen molar-refractivity contribution in [3.8, 4) is 22.6 Å². The van der Waals surface area contributed by atoms with Crippen molar-refractivity contribution in [2.24, 2.45) is 0 Å². The molecule has 4 rings (SSSR count). The lowest BCUT2D eigenvalue weighted by molar-refractivity contribution is 0.228. The van der Waals surface area contributed by atoms with Crippen LogP contribution in [-0.4, -0.2) is 30.7 Å². The van der Waals surface area contributed by atoms with Crippen molar-refractivity contribution < 1.29 is 9.84 Å². The Labute approximate surface area is 124 Å². The van der Waals surface area contributed by atoms with Crippen LogP contribution in [0.2, 0.25) is 0 Å². The molecule has 2 aromatic rings. The van der Waals surface area contributed by atoms with Crippen LogP contribution in [0.15, 0.2) is 30.3 Å². The number of rotatable bonds is 1. The number of aromatic hydroxyl groups is 1. The number of phenolic OH excluding ortho intramolecular Hbond substituents is 1. The van der Waals surface area contributed by atoms with Crippen LogP contribution in [0.3, 0.4) is 0 Å². The second kappa shape index (κ2) is 4.50. The third kappa shape index (κ3) is 1.77. The fourth-order valence-corrected chi connectivity index (χ4v) is 3.79. The van der Waals surface area contributed by atoms with Gasteiger partial charge in [0.25, 0.3) is 0 Å². The van der Waals surface area contributed by atoms with Crippen LogP contribution in [0.25, 0.3) is 11.1 Å². The molecule has 0 amide bonds. The molecule has 2 aliphatic rings. The average molecular weight is 281 g/mol. The van der Waals surface area contributed by atoms with Crippen LogP contribution in [0.1, 0.15) is 22.7 Å². The van der Waals surface area contributed by atoms with Gasteiger partial charge in [0.15, 0.2) is 11.5 Å². The Kier molecular flexibility index (Phi) is 2.73. The number of hydrogen-bond acceptors (Lipinski definition) is 3. The fraction of sp³-hybridized carbons (Fsp3) is 0.333. The molecule has 0 saturated carbocycles. The summed E-state index contributed by atoms with van der Waals surface area (Å²) in [6.07, 6.45) is 2.06. The van der Waals surface area contributed by atoms with E-state index in [0.717, 1.165) is 19.4 Å². The van der Waals surface area contributed by atoms with Crippen molar-refractivity contribution >= 4 is 0 Å². The van der Waals surface area contributed by atoms with E-state index in [1.54, 1.807) is 7.11 Å². The molecular formula is C18H19NO2. The van der Waals surface area contributed by atoms with Gasteiger partial charge in [0.1, 0.15) is 0 Å². The number of fused-ring (bicyclic) bond motifs is 2. The van der Waals surface area contributed by atoms with Gasteiger partial charge in [-0.3, -0.25) is 4.90 Å². The normalized spacial score (nSPS) is 19.8. The van der Waals surface area contributed by atoms with Crippen molar-refractivity contribution in [3.05, 3.63) is 47.0 Å². The number of phenols is 1.